The highest BCUT2D eigenvalue weighted by atomic mass is 35.5. The number of allylic oxidation sites excluding steroid dienone is 1. The number of rotatable bonds is 5. The zero-order chi connectivity index (χ0) is 20.4. The van der Waals surface area contributed by atoms with Crippen molar-refractivity contribution in [1.29, 1.82) is 0 Å². The number of amides is 1. The van der Waals surface area contributed by atoms with Crippen molar-refractivity contribution >= 4 is 29.2 Å². The molecule has 4 rings (SSSR count). The van der Waals surface area contributed by atoms with Gasteiger partial charge in [-0.3, -0.25) is 9.69 Å². The fourth-order valence-corrected chi connectivity index (χ4v) is 3.52. The molecule has 0 saturated heterocycles. The Labute approximate surface area is 174 Å². The number of carbonyl (C=O) groups excluding carboxylic acids is 1. The van der Waals surface area contributed by atoms with Crippen molar-refractivity contribution in [3.63, 3.8) is 0 Å². The second-order valence-corrected chi connectivity index (χ2v) is 7.58. The summed E-state index contributed by atoms with van der Waals surface area (Å²) in [5, 5.41) is 15.9. The third-order valence-electron chi connectivity index (χ3n) is 4.62. The predicted octanol–water partition coefficient (Wildman–Crippen LogP) is 3.30. The van der Waals surface area contributed by atoms with E-state index in [9.17, 15) is 4.79 Å². The molecule has 0 radical (unpaired) electrons. The number of benzene rings is 2. The van der Waals surface area contributed by atoms with Crippen LogP contribution in [-0.2, 0) is 4.79 Å². The molecule has 3 aromatic rings. The largest absolute Gasteiger partial charge is 0.352 e. The minimum absolute atomic E-state index is 0.0502. The average molecular weight is 409 g/mol. The van der Waals surface area contributed by atoms with Gasteiger partial charge in [-0.1, -0.05) is 59.2 Å². The molecule has 29 heavy (non-hydrogen) atoms. The Morgan fingerprint density at radius 3 is 2.55 bits per heavy atom. The van der Waals surface area contributed by atoms with Crippen molar-refractivity contribution in [2.45, 2.75) is 25.9 Å². The molecular formula is C21H21ClN6O. The van der Waals surface area contributed by atoms with Crippen LogP contribution in [-0.4, -0.2) is 38.7 Å². The number of halogens is 1. The lowest BCUT2D eigenvalue weighted by atomic mass is 10.0. The predicted molar refractivity (Wildman–Crippen MR) is 112 cm³/mol. The van der Waals surface area contributed by atoms with Crippen molar-refractivity contribution in [3.05, 3.63) is 76.8 Å². The number of hydrogen-bond donors (Lipinski definition) is 1. The molecule has 0 fully saturated rings. The topological polar surface area (TPSA) is 75.9 Å². The average Bonchev–Trinajstić information content (AvgIpc) is 3.19. The Morgan fingerprint density at radius 2 is 1.86 bits per heavy atom. The van der Waals surface area contributed by atoms with Gasteiger partial charge in [-0.2, -0.15) is 4.68 Å². The summed E-state index contributed by atoms with van der Waals surface area (Å²) in [6, 6.07) is 17.4. The molecule has 0 saturated carbocycles. The Balaban J connectivity index is 1.80. The molecule has 2 heterocycles. The lowest BCUT2D eigenvalue weighted by Gasteiger charge is -2.32. The van der Waals surface area contributed by atoms with Gasteiger partial charge in [-0.15, -0.1) is 0 Å². The number of nitrogens with zero attached hydrogens (tertiary/aromatic N) is 5. The monoisotopic (exact) mass is 408 g/mol. The van der Waals surface area contributed by atoms with Crippen LogP contribution in [0.5, 0.6) is 0 Å². The van der Waals surface area contributed by atoms with Gasteiger partial charge in [0, 0.05) is 11.1 Å². The van der Waals surface area contributed by atoms with E-state index in [1.165, 1.54) is 0 Å². The highest BCUT2D eigenvalue weighted by Crippen LogP contribution is 2.36. The number of tetrazole rings is 1. The summed E-state index contributed by atoms with van der Waals surface area (Å²) in [5.41, 5.74) is 2.87. The van der Waals surface area contributed by atoms with E-state index in [2.05, 4.69) is 26.9 Å². The second kappa shape index (κ2) is 8.05. The summed E-state index contributed by atoms with van der Waals surface area (Å²) in [5.74, 6) is 0.423. The highest BCUT2D eigenvalue weighted by Gasteiger charge is 2.31. The van der Waals surface area contributed by atoms with E-state index in [-0.39, 0.29) is 24.5 Å². The normalized spacial score (nSPS) is 15.8. The lowest BCUT2D eigenvalue weighted by molar-refractivity contribution is -0.120. The number of hydrogen-bond acceptors (Lipinski definition) is 5. The molecule has 1 unspecified atom stereocenters. The molecule has 0 aliphatic carbocycles. The first-order valence-corrected chi connectivity index (χ1v) is 9.78. The summed E-state index contributed by atoms with van der Waals surface area (Å²) in [7, 11) is 0. The fourth-order valence-electron chi connectivity index (χ4n) is 3.39. The molecule has 1 aromatic heterocycles. The fraction of sp³-hybridized carbons (Fsp3) is 0.238. The molecule has 2 aromatic carbocycles. The van der Waals surface area contributed by atoms with Crippen molar-refractivity contribution in [2.24, 2.45) is 0 Å². The van der Waals surface area contributed by atoms with Crippen LogP contribution in [0.25, 0.3) is 5.70 Å². The van der Waals surface area contributed by atoms with E-state index in [0.29, 0.717) is 11.0 Å². The molecule has 8 heteroatoms. The number of aromatic nitrogens is 4. The van der Waals surface area contributed by atoms with Gasteiger partial charge < -0.3 is 5.32 Å². The first-order chi connectivity index (χ1) is 14.0. The minimum atomic E-state index is -0.211. The zero-order valence-electron chi connectivity index (χ0n) is 16.2. The van der Waals surface area contributed by atoms with Crippen LogP contribution in [0.3, 0.4) is 0 Å². The second-order valence-electron chi connectivity index (χ2n) is 7.15. The number of anilines is 1. The Bertz CT molecular complexity index is 1030. The molecule has 0 bridgehead atoms. The summed E-state index contributed by atoms with van der Waals surface area (Å²) >= 11 is 6.06. The molecule has 1 N–H and O–H groups in total. The number of carbonyl (C=O) groups is 1. The first kappa shape index (κ1) is 19.1. The smallest absolute Gasteiger partial charge is 0.251 e. The molecule has 1 aliphatic rings. The molecule has 1 atom stereocenters. The molecule has 1 amide bonds. The van der Waals surface area contributed by atoms with Crippen LogP contribution in [0.2, 0.25) is 5.02 Å². The van der Waals surface area contributed by atoms with Gasteiger partial charge in [0.1, 0.15) is 12.6 Å². The minimum Gasteiger partial charge on any atom is -0.352 e. The van der Waals surface area contributed by atoms with Gasteiger partial charge in [-0.05, 0) is 53.6 Å². The van der Waals surface area contributed by atoms with Gasteiger partial charge in [-0.25, -0.2) is 0 Å². The van der Waals surface area contributed by atoms with Gasteiger partial charge in [0.25, 0.3) is 5.95 Å². The molecular weight excluding hydrogens is 388 g/mol. The van der Waals surface area contributed by atoms with Crippen LogP contribution >= 0.6 is 11.6 Å². The molecule has 0 spiro atoms. The van der Waals surface area contributed by atoms with E-state index < -0.39 is 0 Å². The van der Waals surface area contributed by atoms with Crippen LogP contribution in [0.4, 0.5) is 5.95 Å². The van der Waals surface area contributed by atoms with E-state index in [0.717, 1.165) is 16.8 Å². The molecule has 7 nitrogen and oxygen atoms in total. The Morgan fingerprint density at radius 1 is 1.14 bits per heavy atom. The van der Waals surface area contributed by atoms with Crippen LogP contribution in [0.1, 0.15) is 31.0 Å². The zero-order valence-corrected chi connectivity index (χ0v) is 16.9. The standard InChI is InChI=1S/C21H21ClN6O/c1-14(2)23-20(29)13-27-18(15-6-4-3-5-7-15)12-19(28-21(27)24-25-26-28)16-8-10-17(22)11-9-16/h3-12,14,19H,13H2,1-2H3,(H,23,29). The SMILES string of the molecule is CC(C)NC(=O)CN1C(c2ccccc2)=CC(c2ccc(Cl)cc2)n2nnnc21. The third kappa shape index (κ3) is 4.00. The maximum absolute atomic E-state index is 12.5. The van der Waals surface area contributed by atoms with Crippen molar-refractivity contribution in [1.82, 2.24) is 25.5 Å². The third-order valence-corrected chi connectivity index (χ3v) is 4.87. The maximum Gasteiger partial charge on any atom is 0.251 e. The maximum atomic E-state index is 12.5. The van der Waals surface area contributed by atoms with Gasteiger partial charge in [0.2, 0.25) is 5.91 Å². The number of fused-ring (bicyclic) bond motifs is 1. The Kier molecular flexibility index (Phi) is 5.31. The molecule has 148 valence electrons. The lowest BCUT2D eigenvalue weighted by Crippen LogP contribution is -2.42. The van der Waals surface area contributed by atoms with E-state index in [1.807, 2.05) is 73.3 Å². The van der Waals surface area contributed by atoms with Crippen molar-refractivity contribution in [2.75, 3.05) is 11.4 Å². The summed E-state index contributed by atoms with van der Waals surface area (Å²) < 4.78 is 1.72. The quantitative estimate of drug-likeness (QED) is 0.701. The van der Waals surface area contributed by atoms with E-state index >= 15 is 0 Å². The van der Waals surface area contributed by atoms with Gasteiger partial charge >= 0.3 is 0 Å². The van der Waals surface area contributed by atoms with Crippen molar-refractivity contribution in [3.8, 4) is 0 Å². The van der Waals surface area contributed by atoms with Crippen LogP contribution < -0.4 is 10.2 Å². The first-order valence-electron chi connectivity index (χ1n) is 9.40. The summed E-state index contributed by atoms with van der Waals surface area (Å²) in [6.45, 7) is 3.98. The molecule has 1 aliphatic heterocycles. The van der Waals surface area contributed by atoms with Gasteiger partial charge in [0.05, 0.1) is 5.70 Å². The summed E-state index contributed by atoms with van der Waals surface area (Å²) in [6.07, 6.45) is 2.07. The van der Waals surface area contributed by atoms with Crippen molar-refractivity contribution < 1.29 is 4.79 Å². The van der Waals surface area contributed by atoms with Gasteiger partial charge in [0.15, 0.2) is 0 Å². The van der Waals surface area contributed by atoms with Crippen LogP contribution in [0, 0.1) is 0 Å². The van der Waals surface area contributed by atoms with E-state index in [1.54, 1.807) is 4.68 Å². The Hall–Kier alpha value is -3.19. The van der Waals surface area contributed by atoms with Crippen LogP contribution in [0.15, 0.2) is 60.7 Å². The highest BCUT2D eigenvalue weighted by molar-refractivity contribution is 6.30. The summed E-state index contributed by atoms with van der Waals surface area (Å²) in [4.78, 5) is 14.4. The number of nitrogens with one attached hydrogen (secondary N) is 1. The van der Waals surface area contributed by atoms with E-state index in [4.69, 9.17) is 11.6 Å².